The third kappa shape index (κ3) is 4.84. The number of halogens is 2. The van der Waals surface area contributed by atoms with Crippen LogP contribution in [0.2, 0.25) is 0 Å². The minimum atomic E-state index is 0. The van der Waals surface area contributed by atoms with E-state index < -0.39 is 0 Å². The first kappa shape index (κ1) is 21.2. The second kappa shape index (κ2) is 9.61. The van der Waals surface area contributed by atoms with Crippen LogP contribution in [0.1, 0.15) is 17.3 Å². The lowest BCUT2D eigenvalue weighted by molar-refractivity contribution is 0.0655. The van der Waals surface area contributed by atoms with Gasteiger partial charge >= 0.3 is 0 Å². The molecule has 1 aliphatic heterocycles. The zero-order valence-electron chi connectivity index (χ0n) is 14.4. The van der Waals surface area contributed by atoms with Crippen molar-refractivity contribution in [1.29, 1.82) is 0 Å². The fraction of sp³-hybridized carbons (Fsp3) is 0.333. The number of rotatable bonds is 3. The second-order valence-corrected chi connectivity index (χ2v) is 5.85. The molecule has 2 heterocycles. The summed E-state index contributed by atoms with van der Waals surface area (Å²) < 4.78 is 0. The van der Waals surface area contributed by atoms with Gasteiger partial charge in [-0.15, -0.1) is 24.8 Å². The van der Waals surface area contributed by atoms with Crippen LogP contribution < -0.4 is 10.2 Å². The molecule has 25 heavy (non-hydrogen) atoms. The number of hydrogen-bond acceptors (Lipinski definition) is 4. The Kier molecular flexibility index (Phi) is 8.16. The monoisotopic (exact) mass is 382 g/mol. The largest absolute Gasteiger partial charge is 0.333 e. The number of anilines is 2. The van der Waals surface area contributed by atoms with Gasteiger partial charge in [0.2, 0.25) is 0 Å². The predicted molar refractivity (Wildman–Crippen MR) is 107 cm³/mol. The Morgan fingerprint density at radius 3 is 2.52 bits per heavy atom. The van der Waals surface area contributed by atoms with E-state index in [-0.39, 0.29) is 36.8 Å². The van der Waals surface area contributed by atoms with Gasteiger partial charge < -0.3 is 15.1 Å². The summed E-state index contributed by atoms with van der Waals surface area (Å²) in [5.74, 6) is 0.876. The first-order chi connectivity index (χ1) is 11.2. The van der Waals surface area contributed by atoms with Crippen molar-refractivity contribution in [3.63, 3.8) is 0 Å². The highest BCUT2D eigenvalue weighted by Gasteiger charge is 2.24. The van der Waals surface area contributed by atoms with Crippen LogP contribution in [0.15, 0.2) is 48.7 Å². The van der Waals surface area contributed by atoms with Gasteiger partial charge in [0, 0.05) is 44.6 Å². The Hall–Kier alpha value is -1.82. The highest BCUT2D eigenvalue weighted by atomic mass is 35.5. The van der Waals surface area contributed by atoms with Gasteiger partial charge in [-0.1, -0.05) is 18.2 Å². The summed E-state index contributed by atoms with van der Waals surface area (Å²) in [4.78, 5) is 21.0. The molecule has 1 saturated heterocycles. The molecule has 0 radical (unpaired) electrons. The van der Waals surface area contributed by atoms with Gasteiger partial charge in [0.05, 0.1) is 5.56 Å². The SMILES string of the molecule is C[C@H]1CNCCN1C(=O)c1ccc(N(C)c2ccccc2)nc1.Cl.Cl. The summed E-state index contributed by atoms with van der Waals surface area (Å²) in [6.45, 7) is 4.49. The molecule has 1 fully saturated rings. The molecule has 0 bridgehead atoms. The van der Waals surface area contributed by atoms with Crippen LogP contribution in [0.3, 0.4) is 0 Å². The van der Waals surface area contributed by atoms with Crippen LogP contribution in [0.25, 0.3) is 0 Å². The fourth-order valence-corrected chi connectivity index (χ4v) is 2.80. The molecule has 5 nitrogen and oxygen atoms in total. The average molecular weight is 383 g/mol. The van der Waals surface area contributed by atoms with Crippen LogP contribution >= 0.6 is 24.8 Å². The van der Waals surface area contributed by atoms with Crippen molar-refractivity contribution in [3.05, 3.63) is 54.2 Å². The lowest BCUT2D eigenvalue weighted by Gasteiger charge is -2.34. The van der Waals surface area contributed by atoms with E-state index in [1.165, 1.54) is 0 Å². The molecule has 1 aliphatic rings. The zero-order valence-corrected chi connectivity index (χ0v) is 16.0. The van der Waals surface area contributed by atoms with Crippen molar-refractivity contribution in [2.75, 3.05) is 31.6 Å². The zero-order chi connectivity index (χ0) is 16.2. The Morgan fingerprint density at radius 2 is 1.92 bits per heavy atom. The molecule has 3 rings (SSSR count). The van der Waals surface area contributed by atoms with Crippen LogP contribution in [0.5, 0.6) is 0 Å². The van der Waals surface area contributed by atoms with E-state index in [0.717, 1.165) is 31.1 Å². The summed E-state index contributed by atoms with van der Waals surface area (Å²) >= 11 is 0. The minimum Gasteiger partial charge on any atom is -0.333 e. The molecular formula is C18H24Cl2N4O. The number of carbonyl (C=O) groups is 1. The molecular weight excluding hydrogens is 359 g/mol. The quantitative estimate of drug-likeness (QED) is 0.885. The van der Waals surface area contributed by atoms with E-state index >= 15 is 0 Å². The number of piperazine rings is 1. The van der Waals surface area contributed by atoms with Crippen molar-refractivity contribution in [2.24, 2.45) is 0 Å². The van der Waals surface area contributed by atoms with Gasteiger partial charge in [-0.05, 0) is 31.2 Å². The molecule has 1 aromatic carbocycles. The smallest absolute Gasteiger partial charge is 0.255 e. The van der Waals surface area contributed by atoms with Crippen molar-refractivity contribution >= 4 is 42.2 Å². The number of amides is 1. The number of nitrogens with zero attached hydrogens (tertiary/aromatic N) is 3. The van der Waals surface area contributed by atoms with Gasteiger partial charge in [-0.25, -0.2) is 4.98 Å². The first-order valence-electron chi connectivity index (χ1n) is 7.93. The highest BCUT2D eigenvalue weighted by Crippen LogP contribution is 2.21. The number of aromatic nitrogens is 1. The number of carbonyl (C=O) groups excluding carboxylic acids is 1. The molecule has 1 N–H and O–H groups in total. The van der Waals surface area contributed by atoms with E-state index in [2.05, 4.69) is 17.2 Å². The molecule has 1 aromatic heterocycles. The summed E-state index contributed by atoms with van der Waals surface area (Å²) in [5.41, 5.74) is 1.71. The molecule has 136 valence electrons. The molecule has 7 heteroatoms. The molecule has 2 aromatic rings. The summed E-state index contributed by atoms with van der Waals surface area (Å²) in [7, 11) is 1.97. The number of para-hydroxylation sites is 1. The van der Waals surface area contributed by atoms with E-state index in [4.69, 9.17) is 0 Å². The Balaban J connectivity index is 0.00000156. The summed E-state index contributed by atoms with van der Waals surface area (Å²) in [6, 6.07) is 14.0. The van der Waals surface area contributed by atoms with E-state index in [9.17, 15) is 4.79 Å². The minimum absolute atomic E-state index is 0. The summed E-state index contributed by atoms with van der Waals surface area (Å²) in [5, 5.41) is 3.30. The lowest BCUT2D eigenvalue weighted by atomic mass is 10.1. The van der Waals surface area contributed by atoms with Crippen LogP contribution in [-0.4, -0.2) is 48.5 Å². The van der Waals surface area contributed by atoms with Gasteiger partial charge in [0.25, 0.3) is 5.91 Å². The molecule has 1 amide bonds. The fourth-order valence-electron chi connectivity index (χ4n) is 2.80. The molecule has 0 aliphatic carbocycles. The van der Waals surface area contributed by atoms with Gasteiger partial charge in [-0.3, -0.25) is 4.79 Å². The van der Waals surface area contributed by atoms with Crippen molar-refractivity contribution in [3.8, 4) is 0 Å². The van der Waals surface area contributed by atoms with Crippen LogP contribution in [0.4, 0.5) is 11.5 Å². The number of pyridine rings is 1. The number of hydrogen-bond donors (Lipinski definition) is 1. The van der Waals surface area contributed by atoms with Crippen molar-refractivity contribution in [2.45, 2.75) is 13.0 Å². The first-order valence-corrected chi connectivity index (χ1v) is 7.93. The second-order valence-electron chi connectivity index (χ2n) is 5.85. The van der Waals surface area contributed by atoms with Gasteiger partial charge in [-0.2, -0.15) is 0 Å². The molecule has 0 saturated carbocycles. The van der Waals surface area contributed by atoms with Crippen LogP contribution in [0, 0.1) is 0 Å². The lowest BCUT2D eigenvalue weighted by Crippen LogP contribution is -2.52. The number of benzene rings is 1. The highest BCUT2D eigenvalue weighted by molar-refractivity contribution is 5.94. The Labute approximate surface area is 161 Å². The van der Waals surface area contributed by atoms with E-state index in [1.807, 2.05) is 59.3 Å². The Morgan fingerprint density at radius 1 is 1.20 bits per heavy atom. The third-order valence-electron chi connectivity index (χ3n) is 4.24. The average Bonchev–Trinajstić information content (AvgIpc) is 2.62. The van der Waals surface area contributed by atoms with Crippen LogP contribution in [-0.2, 0) is 0 Å². The predicted octanol–water partition coefficient (Wildman–Crippen LogP) is 3.13. The normalized spacial score (nSPS) is 16.4. The van der Waals surface area contributed by atoms with Gasteiger partial charge in [0.1, 0.15) is 5.82 Å². The Bertz CT molecular complexity index is 667. The van der Waals surface area contributed by atoms with Crippen molar-refractivity contribution < 1.29 is 4.79 Å². The standard InChI is InChI=1S/C18H22N4O.2ClH/c1-14-12-19-10-11-22(14)18(23)15-8-9-17(20-13-15)21(2)16-6-4-3-5-7-16;;/h3-9,13-14,19H,10-12H2,1-2H3;2*1H/t14-;;/m0../s1. The molecule has 0 spiro atoms. The van der Waals surface area contributed by atoms with E-state index in [0.29, 0.717) is 5.56 Å². The maximum atomic E-state index is 12.6. The van der Waals surface area contributed by atoms with Gasteiger partial charge in [0.15, 0.2) is 0 Å². The molecule has 0 unspecified atom stereocenters. The topological polar surface area (TPSA) is 48.5 Å². The molecule has 1 atom stereocenters. The third-order valence-corrected chi connectivity index (χ3v) is 4.24. The maximum Gasteiger partial charge on any atom is 0.255 e. The maximum absolute atomic E-state index is 12.6. The number of nitrogens with one attached hydrogen (secondary N) is 1. The van der Waals surface area contributed by atoms with Crippen molar-refractivity contribution in [1.82, 2.24) is 15.2 Å². The van der Waals surface area contributed by atoms with E-state index in [1.54, 1.807) is 6.20 Å². The summed E-state index contributed by atoms with van der Waals surface area (Å²) in [6.07, 6.45) is 1.67.